The standard InChI is InChI=1S/C23H23FN6O/c1-12(2)8-13-4-6-14(7-5-13)20-19(22-25-11-26-30(22)3)21-18-16(23(31)29-28-21)9-15(24)10-17(18)27-20/h4-7,9-12,19-20,27H,8H2,1-3H3,(H,29,31)/t19-,20?/m1/s1. The van der Waals surface area contributed by atoms with Crippen LogP contribution in [0, 0.1) is 11.7 Å². The molecular weight excluding hydrogens is 395 g/mol. The molecule has 0 fully saturated rings. The van der Waals surface area contributed by atoms with Crippen LogP contribution in [0.2, 0.25) is 0 Å². The molecule has 3 heterocycles. The van der Waals surface area contributed by atoms with Gasteiger partial charge in [-0.3, -0.25) is 9.48 Å². The molecular formula is C23H23FN6O. The molecule has 0 saturated carbocycles. The summed E-state index contributed by atoms with van der Waals surface area (Å²) in [6.45, 7) is 4.39. The number of rotatable bonds is 4. The van der Waals surface area contributed by atoms with E-state index in [0.29, 0.717) is 28.5 Å². The van der Waals surface area contributed by atoms with Crippen molar-refractivity contribution in [2.75, 3.05) is 5.32 Å². The van der Waals surface area contributed by atoms with Crippen molar-refractivity contribution in [3.05, 3.63) is 81.5 Å². The number of aromatic nitrogens is 5. The molecule has 1 aliphatic rings. The van der Waals surface area contributed by atoms with Gasteiger partial charge in [-0.2, -0.15) is 10.2 Å². The highest BCUT2D eigenvalue weighted by Crippen LogP contribution is 2.45. The van der Waals surface area contributed by atoms with Crippen LogP contribution in [0.4, 0.5) is 10.1 Å². The molecule has 5 rings (SSSR count). The average Bonchev–Trinajstić information content (AvgIpc) is 3.15. The van der Waals surface area contributed by atoms with Gasteiger partial charge in [-0.1, -0.05) is 38.1 Å². The topological polar surface area (TPSA) is 88.5 Å². The van der Waals surface area contributed by atoms with Gasteiger partial charge in [0.2, 0.25) is 0 Å². The van der Waals surface area contributed by atoms with E-state index >= 15 is 0 Å². The molecule has 1 aliphatic heterocycles. The Morgan fingerprint density at radius 3 is 2.65 bits per heavy atom. The van der Waals surface area contributed by atoms with Gasteiger partial charge in [-0.15, -0.1) is 0 Å². The molecule has 0 aliphatic carbocycles. The van der Waals surface area contributed by atoms with Crippen LogP contribution in [-0.4, -0.2) is 25.0 Å². The third-order valence-electron chi connectivity index (χ3n) is 5.83. The highest BCUT2D eigenvalue weighted by molar-refractivity contribution is 5.97. The van der Waals surface area contributed by atoms with Crippen molar-refractivity contribution in [3.8, 4) is 0 Å². The first-order valence-electron chi connectivity index (χ1n) is 10.3. The smallest absolute Gasteiger partial charge is 0.272 e. The number of halogens is 1. The largest absolute Gasteiger partial charge is 0.376 e. The van der Waals surface area contributed by atoms with Gasteiger partial charge in [0.1, 0.15) is 18.0 Å². The first-order chi connectivity index (χ1) is 14.9. The number of benzene rings is 2. The van der Waals surface area contributed by atoms with E-state index in [9.17, 15) is 9.18 Å². The minimum Gasteiger partial charge on any atom is -0.376 e. The van der Waals surface area contributed by atoms with Crippen LogP contribution >= 0.6 is 0 Å². The molecule has 1 unspecified atom stereocenters. The Bertz CT molecular complexity index is 1320. The maximum Gasteiger partial charge on any atom is 0.272 e. The van der Waals surface area contributed by atoms with Crippen LogP contribution in [0.3, 0.4) is 0 Å². The second-order valence-electron chi connectivity index (χ2n) is 8.49. The number of hydrogen-bond acceptors (Lipinski definition) is 5. The highest BCUT2D eigenvalue weighted by atomic mass is 19.1. The molecule has 2 aromatic carbocycles. The number of aromatic amines is 1. The van der Waals surface area contributed by atoms with E-state index in [1.807, 2.05) is 7.05 Å². The van der Waals surface area contributed by atoms with Gasteiger partial charge in [-0.25, -0.2) is 14.5 Å². The Kier molecular flexibility index (Phi) is 4.57. The van der Waals surface area contributed by atoms with Crippen LogP contribution in [-0.2, 0) is 13.5 Å². The lowest BCUT2D eigenvalue weighted by Crippen LogP contribution is -2.30. The number of aryl methyl sites for hydroxylation is 1. The maximum atomic E-state index is 14.3. The van der Waals surface area contributed by atoms with Crippen molar-refractivity contribution in [3.63, 3.8) is 0 Å². The van der Waals surface area contributed by atoms with Crippen molar-refractivity contribution in [2.24, 2.45) is 13.0 Å². The van der Waals surface area contributed by atoms with Gasteiger partial charge in [-0.05, 0) is 35.6 Å². The molecule has 4 aromatic rings. The molecule has 0 spiro atoms. The summed E-state index contributed by atoms with van der Waals surface area (Å²) < 4.78 is 16.0. The van der Waals surface area contributed by atoms with Crippen LogP contribution < -0.4 is 10.9 Å². The third-order valence-corrected chi connectivity index (χ3v) is 5.83. The van der Waals surface area contributed by atoms with E-state index in [1.165, 1.54) is 24.0 Å². The van der Waals surface area contributed by atoms with Gasteiger partial charge in [0.05, 0.1) is 23.0 Å². The van der Waals surface area contributed by atoms with E-state index in [4.69, 9.17) is 0 Å². The Labute approximate surface area is 178 Å². The molecule has 2 aromatic heterocycles. The van der Waals surface area contributed by atoms with E-state index in [2.05, 4.69) is 63.7 Å². The number of H-pyrrole nitrogens is 1. The Balaban J connectivity index is 1.71. The summed E-state index contributed by atoms with van der Waals surface area (Å²) in [5, 5.41) is 15.5. The highest BCUT2D eigenvalue weighted by Gasteiger charge is 2.37. The van der Waals surface area contributed by atoms with Crippen LogP contribution in [0.25, 0.3) is 10.8 Å². The Hall–Kier alpha value is -3.55. The van der Waals surface area contributed by atoms with E-state index in [-0.39, 0.29) is 17.3 Å². The minimum atomic E-state index is -0.471. The zero-order valence-electron chi connectivity index (χ0n) is 17.6. The molecule has 0 bridgehead atoms. The quantitative estimate of drug-likeness (QED) is 0.528. The molecule has 0 radical (unpaired) electrons. The van der Waals surface area contributed by atoms with Crippen LogP contribution in [0.15, 0.2) is 47.5 Å². The normalized spacial score (nSPS) is 17.8. The predicted molar refractivity (Wildman–Crippen MR) is 117 cm³/mol. The lowest BCUT2D eigenvalue weighted by molar-refractivity contribution is 0.564. The fraction of sp³-hybridized carbons (Fsp3) is 0.304. The van der Waals surface area contributed by atoms with Crippen LogP contribution in [0.5, 0.6) is 0 Å². The SMILES string of the molecule is CC(C)Cc1ccc(C2Nc3cc(F)cc4c(=O)[nH]nc(c34)[C@@H]2c2ncnn2C)cc1. The zero-order valence-corrected chi connectivity index (χ0v) is 17.6. The summed E-state index contributed by atoms with van der Waals surface area (Å²) in [4.78, 5) is 16.8. The first-order valence-corrected chi connectivity index (χ1v) is 10.3. The fourth-order valence-electron chi connectivity index (χ4n) is 4.50. The fourth-order valence-corrected chi connectivity index (χ4v) is 4.50. The Morgan fingerprint density at radius 1 is 1.19 bits per heavy atom. The number of anilines is 1. The summed E-state index contributed by atoms with van der Waals surface area (Å²) in [7, 11) is 1.83. The first kappa shape index (κ1) is 19.4. The summed E-state index contributed by atoms with van der Waals surface area (Å²) >= 11 is 0. The molecule has 31 heavy (non-hydrogen) atoms. The number of nitrogens with zero attached hydrogens (tertiary/aromatic N) is 4. The lowest BCUT2D eigenvalue weighted by Gasteiger charge is -2.33. The predicted octanol–water partition coefficient (Wildman–Crippen LogP) is 3.69. The molecule has 8 heteroatoms. The summed E-state index contributed by atoms with van der Waals surface area (Å²) in [5.41, 5.74) is 3.07. The average molecular weight is 418 g/mol. The van der Waals surface area contributed by atoms with Gasteiger partial charge < -0.3 is 5.32 Å². The summed E-state index contributed by atoms with van der Waals surface area (Å²) in [5.74, 6) is 0.486. The zero-order chi connectivity index (χ0) is 21.7. The number of hydrogen-bond donors (Lipinski definition) is 2. The monoisotopic (exact) mass is 418 g/mol. The second-order valence-corrected chi connectivity index (χ2v) is 8.49. The van der Waals surface area contributed by atoms with E-state index < -0.39 is 11.4 Å². The van der Waals surface area contributed by atoms with Crippen molar-refractivity contribution in [1.29, 1.82) is 0 Å². The van der Waals surface area contributed by atoms with Gasteiger partial charge in [0, 0.05) is 18.1 Å². The van der Waals surface area contributed by atoms with Crippen molar-refractivity contribution in [1.82, 2.24) is 25.0 Å². The van der Waals surface area contributed by atoms with Gasteiger partial charge >= 0.3 is 0 Å². The summed E-state index contributed by atoms with van der Waals surface area (Å²) in [6, 6.07) is 10.8. The van der Waals surface area contributed by atoms with Crippen LogP contribution in [0.1, 0.15) is 48.5 Å². The third kappa shape index (κ3) is 3.28. The molecule has 2 N–H and O–H groups in total. The molecule has 2 atom stereocenters. The minimum absolute atomic E-state index is 0.257. The Morgan fingerprint density at radius 2 is 1.97 bits per heavy atom. The molecule has 0 saturated heterocycles. The maximum absolute atomic E-state index is 14.3. The lowest BCUT2D eigenvalue weighted by atomic mass is 9.83. The van der Waals surface area contributed by atoms with Gasteiger partial charge in [0.25, 0.3) is 5.56 Å². The molecule has 7 nitrogen and oxygen atoms in total. The van der Waals surface area contributed by atoms with Crippen molar-refractivity contribution in [2.45, 2.75) is 32.2 Å². The van der Waals surface area contributed by atoms with Gasteiger partial charge in [0.15, 0.2) is 0 Å². The number of nitrogens with one attached hydrogen (secondary N) is 2. The van der Waals surface area contributed by atoms with Crippen molar-refractivity contribution < 1.29 is 4.39 Å². The molecule has 0 amide bonds. The second kappa shape index (κ2) is 7.30. The van der Waals surface area contributed by atoms with Crippen molar-refractivity contribution >= 4 is 16.5 Å². The van der Waals surface area contributed by atoms with E-state index in [0.717, 1.165) is 12.0 Å². The summed E-state index contributed by atoms with van der Waals surface area (Å²) in [6.07, 6.45) is 2.50. The van der Waals surface area contributed by atoms with E-state index in [1.54, 1.807) is 4.68 Å². The molecule has 158 valence electrons.